The van der Waals surface area contributed by atoms with E-state index in [0.29, 0.717) is 36.6 Å². The van der Waals surface area contributed by atoms with Gasteiger partial charge in [-0.3, -0.25) is 14.1 Å². The highest BCUT2D eigenvalue weighted by atomic mass is 32.2. The summed E-state index contributed by atoms with van der Waals surface area (Å²) in [7, 11) is -0.153. The monoisotopic (exact) mass is 591 g/mol. The standard InChI is InChI=1S/C26H33F3NO7PS/c1-5-34-38(35-6-2)37-18(3)36-23(20-9-11-21(12-10-20)26(27,28)29)16-33-22-13-7-19(8-14-22)15-24(39-17-31)25(32)30-4/h7-14,17-18,23-24H,5-6,15-16H2,1-4H3,(H,30,32). The molecule has 0 aliphatic carbocycles. The van der Waals surface area contributed by atoms with Crippen LogP contribution in [0.3, 0.4) is 0 Å². The zero-order valence-corrected chi connectivity index (χ0v) is 23.8. The highest BCUT2D eigenvalue weighted by molar-refractivity contribution is 8.13. The number of amides is 1. The number of hydrogen-bond donors (Lipinski definition) is 1. The van der Waals surface area contributed by atoms with E-state index in [4.69, 9.17) is 23.0 Å². The Labute approximate surface area is 231 Å². The van der Waals surface area contributed by atoms with Gasteiger partial charge in [-0.05, 0) is 62.6 Å². The number of rotatable bonds is 17. The maximum Gasteiger partial charge on any atom is 0.416 e. The Hall–Kier alpha value is -2.21. The van der Waals surface area contributed by atoms with Crippen LogP contribution in [0.15, 0.2) is 48.5 Å². The topological polar surface area (TPSA) is 92.3 Å². The third-order valence-corrected chi connectivity index (χ3v) is 7.40. The minimum absolute atomic E-state index is 0.0263. The number of carbonyl (C=O) groups excluding carboxylic acids is 2. The molecule has 0 aliphatic rings. The minimum Gasteiger partial charge on any atom is -0.491 e. The second-order valence-electron chi connectivity index (χ2n) is 7.97. The molecule has 0 aromatic heterocycles. The molecule has 1 N–H and O–H groups in total. The molecule has 2 rings (SSSR count). The van der Waals surface area contributed by atoms with Crippen molar-refractivity contribution in [2.24, 2.45) is 0 Å². The number of alkyl halides is 3. The Kier molecular flexibility index (Phi) is 14.2. The number of nitrogens with one attached hydrogen (secondary N) is 1. The molecule has 0 saturated heterocycles. The lowest BCUT2D eigenvalue weighted by atomic mass is 10.1. The third-order valence-electron chi connectivity index (χ3n) is 5.17. The Balaban J connectivity index is 2.14. The van der Waals surface area contributed by atoms with E-state index in [-0.39, 0.29) is 12.5 Å². The van der Waals surface area contributed by atoms with Crippen LogP contribution in [-0.2, 0) is 40.5 Å². The summed E-state index contributed by atoms with van der Waals surface area (Å²) in [5.74, 6) is 0.232. The van der Waals surface area contributed by atoms with Gasteiger partial charge >= 0.3 is 14.8 Å². The summed E-state index contributed by atoms with van der Waals surface area (Å²) in [6, 6.07) is 11.6. The van der Waals surface area contributed by atoms with Crippen LogP contribution >= 0.6 is 20.4 Å². The van der Waals surface area contributed by atoms with Crippen molar-refractivity contribution in [3.05, 3.63) is 65.2 Å². The molecule has 3 unspecified atom stereocenters. The summed E-state index contributed by atoms with van der Waals surface area (Å²) >= 11 is 0.899. The van der Waals surface area contributed by atoms with Crippen molar-refractivity contribution in [3.8, 4) is 5.75 Å². The fourth-order valence-corrected chi connectivity index (χ4v) is 4.90. The van der Waals surface area contributed by atoms with Gasteiger partial charge in [0.25, 0.3) is 0 Å². The first-order valence-corrected chi connectivity index (χ1v) is 14.2. The van der Waals surface area contributed by atoms with Crippen molar-refractivity contribution in [1.82, 2.24) is 5.32 Å². The fraction of sp³-hybridized carbons (Fsp3) is 0.462. The first-order valence-electron chi connectivity index (χ1n) is 12.2. The predicted molar refractivity (Wildman–Crippen MR) is 144 cm³/mol. The van der Waals surface area contributed by atoms with Gasteiger partial charge in [0.2, 0.25) is 5.91 Å². The zero-order valence-electron chi connectivity index (χ0n) is 22.1. The number of halogens is 3. The lowest BCUT2D eigenvalue weighted by Gasteiger charge is -2.25. The SMILES string of the molecule is CCOP(OCC)OC(C)OC(COc1ccc(CC(SC=O)C(=O)NC)cc1)c1ccc(C(F)(F)F)cc1. The van der Waals surface area contributed by atoms with E-state index in [0.717, 1.165) is 29.5 Å². The van der Waals surface area contributed by atoms with Crippen LogP contribution in [0.1, 0.15) is 43.6 Å². The highest BCUT2D eigenvalue weighted by Crippen LogP contribution is 2.41. The van der Waals surface area contributed by atoms with E-state index in [2.05, 4.69) is 5.32 Å². The molecule has 216 valence electrons. The van der Waals surface area contributed by atoms with Gasteiger partial charge in [-0.2, -0.15) is 13.2 Å². The maximum absolute atomic E-state index is 13.1. The van der Waals surface area contributed by atoms with Crippen molar-refractivity contribution >= 4 is 31.9 Å². The molecule has 8 nitrogen and oxygen atoms in total. The second kappa shape index (κ2) is 16.8. The van der Waals surface area contributed by atoms with Crippen molar-refractivity contribution in [2.45, 2.75) is 51.0 Å². The van der Waals surface area contributed by atoms with E-state index in [9.17, 15) is 22.8 Å². The summed E-state index contributed by atoms with van der Waals surface area (Å²) < 4.78 is 67.7. The summed E-state index contributed by atoms with van der Waals surface area (Å²) in [5, 5.41) is 1.98. The molecule has 2 aromatic carbocycles. The third kappa shape index (κ3) is 11.4. The summed E-state index contributed by atoms with van der Waals surface area (Å²) in [6.45, 7) is 5.95. The first kappa shape index (κ1) is 33.0. The van der Waals surface area contributed by atoms with E-state index in [1.54, 1.807) is 45.0 Å². The van der Waals surface area contributed by atoms with Gasteiger partial charge in [-0.15, -0.1) is 0 Å². The van der Waals surface area contributed by atoms with E-state index in [1.165, 1.54) is 19.2 Å². The average Bonchev–Trinajstić information content (AvgIpc) is 2.91. The second-order valence-corrected chi connectivity index (χ2v) is 10.2. The average molecular weight is 592 g/mol. The molecule has 39 heavy (non-hydrogen) atoms. The van der Waals surface area contributed by atoms with Gasteiger partial charge in [0, 0.05) is 7.05 Å². The Morgan fingerprint density at radius 1 is 1.05 bits per heavy atom. The molecule has 0 saturated carbocycles. The fourth-order valence-electron chi connectivity index (χ4n) is 3.33. The van der Waals surface area contributed by atoms with Gasteiger partial charge in [0.15, 0.2) is 11.9 Å². The number of ether oxygens (including phenoxy) is 2. The van der Waals surface area contributed by atoms with E-state index < -0.39 is 38.0 Å². The molecule has 2 aromatic rings. The maximum atomic E-state index is 13.1. The zero-order chi connectivity index (χ0) is 28.8. The van der Waals surface area contributed by atoms with Crippen molar-refractivity contribution in [3.63, 3.8) is 0 Å². The first-order chi connectivity index (χ1) is 18.6. The normalized spacial score (nSPS) is 14.1. The molecule has 0 aliphatic heterocycles. The molecule has 0 fully saturated rings. The number of carbonyl (C=O) groups is 2. The van der Waals surface area contributed by atoms with Crippen LogP contribution in [-0.4, -0.2) is 49.9 Å². The van der Waals surface area contributed by atoms with E-state index in [1.807, 2.05) is 0 Å². The van der Waals surface area contributed by atoms with Gasteiger partial charge in [-0.25, -0.2) is 0 Å². The quantitative estimate of drug-likeness (QED) is 0.134. The summed E-state index contributed by atoms with van der Waals surface area (Å²) in [4.78, 5) is 22.9. The van der Waals surface area contributed by atoms with Crippen molar-refractivity contribution < 1.29 is 45.8 Å². The molecule has 3 atom stereocenters. The predicted octanol–water partition coefficient (Wildman–Crippen LogP) is 6.09. The minimum atomic E-state index is -4.46. The number of thioether (sulfide) groups is 1. The summed E-state index contributed by atoms with van der Waals surface area (Å²) in [6.07, 6.45) is -5.71. The molecule has 13 heteroatoms. The Morgan fingerprint density at radius 3 is 2.18 bits per heavy atom. The number of benzene rings is 2. The van der Waals surface area contributed by atoms with E-state index >= 15 is 0 Å². The highest BCUT2D eigenvalue weighted by Gasteiger charge is 2.31. The Morgan fingerprint density at radius 2 is 1.67 bits per heavy atom. The lowest BCUT2D eigenvalue weighted by Crippen LogP contribution is -2.31. The van der Waals surface area contributed by atoms with Crippen LogP contribution in [0.5, 0.6) is 5.75 Å². The van der Waals surface area contributed by atoms with Crippen molar-refractivity contribution in [1.29, 1.82) is 0 Å². The van der Waals surface area contributed by atoms with Crippen molar-refractivity contribution in [2.75, 3.05) is 26.9 Å². The van der Waals surface area contributed by atoms with Crippen LogP contribution in [0.25, 0.3) is 0 Å². The summed E-state index contributed by atoms with van der Waals surface area (Å²) in [5.41, 5.74) is 1.15. The van der Waals surface area contributed by atoms with Gasteiger partial charge in [0.05, 0.1) is 24.0 Å². The molecule has 0 spiro atoms. The molecular weight excluding hydrogens is 558 g/mol. The van der Waals surface area contributed by atoms with Gasteiger partial charge in [0.1, 0.15) is 18.5 Å². The Bertz CT molecular complexity index is 1010. The molecule has 0 radical (unpaired) electrons. The smallest absolute Gasteiger partial charge is 0.416 e. The largest absolute Gasteiger partial charge is 0.491 e. The molecule has 1 amide bonds. The van der Waals surface area contributed by atoms with Crippen LogP contribution in [0.4, 0.5) is 13.2 Å². The number of hydrogen-bond acceptors (Lipinski definition) is 8. The lowest BCUT2D eigenvalue weighted by molar-refractivity contribution is -0.138. The van der Waals surface area contributed by atoms with Crippen LogP contribution in [0, 0.1) is 0 Å². The van der Waals surface area contributed by atoms with Crippen LogP contribution < -0.4 is 10.1 Å². The molecule has 0 bridgehead atoms. The van der Waals surface area contributed by atoms with Gasteiger partial charge in [-0.1, -0.05) is 36.0 Å². The molecular formula is C26H33F3NO7PS. The van der Waals surface area contributed by atoms with Crippen LogP contribution in [0.2, 0.25) is 0 Å². The molecule has 0 heterocycles. The van der Waals surface area contributed by atoms with Gasteiger partial charge < -0.3 is 23.8 Å².